The molecule has 2 heterocycles. The van der Waals surface area contributed by atoms with Gasteiger partial charge in [0.25, 0.3) is 5.91 Å². The highest BCUT2D eigenvalue weighted by Crippen LogP contribution is 2.40. The first kappa shape index (κ1) is 19.4. The third-order valence-corrected chi connectivity index (χ3v) is 6.03. The number of aryl methyl sites for hydroxylation is 1. The topological polar surface area (TPSA) is 89.9 Å². The van der Waals surface area contributed by atoms with Gasteiger partial charge in [-0.05, 0) is 49.8 Å². The van der Waals surface area contributed by atoms with Crippen LogP contribution < -0.4 is 5.73 Å². The Hall–Kier alpha value is -2.96. The second-order valence-corrected chi connectivity index (χ2v) is 8.21. The van der Waals surface area contributed by atoms with Crippen LogP contribution >= 0.6 is 0 Å². The number of carbonyl (C=O) groups excluding carboxylic acids is 1. The molecular formula is C22H28N6O. The maximum absolute atomic E-state index is 13.1. The van der Waals surface area contributed by atoms with Gasteiger partial charge in [0, 0.05) is 25.2 Å². The van der Waals surface area contributed by atoms with Gasteiger partial charge in [0.15, 0.2) is 0 Å². The Labute approximate surface area is 171 Å². The summed E-state index contributed by atoms with van der Waals surface area (Å²) in [5.41, 5.74) is 11.5. The molecule has 0 atom stereocenters. The van der Waals surface area contributed by atoms with Crippen LogP contribution in [0, 0.1) is 13.8 Å². The lowest BCUT2D eigenvalue weighted by Crippen LogP contribution is -2.25. The van der Waals surface area contributed by atoms with Crippen molar-refractivity contribution in [2.45, 2.75) is 51.9 Å². The minimum atomic E-state index is 0.0435. The van der Waals surface area contributed by atoms with Gasteiger partial charge in [0.2, 0.25) is 0 Å². The molecule has 0 unspecified atom stereocenters. The zero-order valence-corrected chi connectivity index (χ0v) is 17.6. The van der Waals surface area contributed by atoms with Crippen molar-refractivity contribution in [1.29, 1.82) is 0 Å². The quantitative estimate of drug-likeness (QED) is 0.733. The number of hydrogen-bond donors (Lipinski definition) is 1. The number of imidazole rings is 1. The normalized spacial score (nSPS) is 15.0. The first-order valence-corrected chi connectivity index (χ1v) is 10.2. The molecule has 2 N–H and O–H groups in total. The molecule has 3 aromatic rings. The summed E-state index contributed by atoms with van der Waals surface area (Å²) in [5, 5.41) is 0. The molecule has 152 valence electrons. The van der Waals surface area contributed by atoms with Crippen LogP contribution in [0.3, 0.4) is 0 Å². The van der Waals surface area contributed by atoms with E-state index in [4.69, 9.17) is 10.7 Å². The van der Waals surface area contributed by atoms with Crippen LogP contribution in [0.4, 0.5) is 5.82 Å². The number of fused-ring (bicyclic) bond motifs is 1. The van der Waals surface area contributed by atoms with Crippen molar-refractivity contribution in [1.82, 2.24) is 24.4 Å². The predicted octanol–water partition coefficient (Wildman–Crippen LogP) is 3.76. The summed E-state index contributed by atoms with van der Waals surface area (Å²) in [5.74, 6) is 1.58. The maximum Gasteiger partial charge on any atom is 0.253 e. The highest BCUT2D eigenvalue weighted by molar-refractivity contribution is 6.02. The van der Waals surface area contributed by atoms with Crippen LogP contribution in [0.5, 0.6) is 0 Å². The summed E-state index contributed by atoms with van der Waals surface area (Å²) in [7, 11) is 3.62. The zero-order chi connectivity index (χ0) is 20.7. The lowest BCUT2D eigenvalue weighted by atomic mass is 9.80. The third-order valence-electron chi connectivity index (χ3n) is 6.03. The summed E-state index contributed by atoms with van der Waals surface area (Å²) >= 11 is 0. The molecule has 4 rings (SSSR count). The van der Waals surface area contributed by atoms with Crippen LogP contribution in [0.15, 0.2) is 18.7 Å². The maximum atomic E-state index is 13.1. The van der Waals surface area contributed by atoms with E-state index in [0.29, 0.717) is 11.7 Å². The van der Waals surface area contributed by atoms with Crippen LogP contribution in [0.1, 0.15) is 65.1 Å². The van der Waals surface area contributed by atoms with Gasteiger partial charge in [-0.1, -0.05) is 19.3 Å². The summed E-state index contributed by atoms with van der Waals surface area (Å²) < 4.78 is 1.96. The van der Waals surface area contributed by atoms with Crippen LogP contribution in [0.25, 0.3) is 16.9 Å². The molecule has 0 saturated heterocycles. The molecule has 1 aliphatic carbocycles. The van der Waals surface area contributed by atoms with Gasteiger partial charge in [-0.3, -0.25) is 9.36 Å². The van der Waals surface area contributed by atoms with Crippen molar-refractivity contribution in [2.75, 3.05) is 19.8 Å². The molecule has 0 bridgehead atoms. The summed E-state index contributed by atoms with van der Waals surface area (Å²) in [6, 6.07) is 2.04. The minimum absolute atomic E-state index is 0.0435. The van der Waals surface area contributed by atoms with E-state index >= 15 is 0 Å². The number of amides is 1. The van der Waals surface area contributed by atoms with E-state index in [1.807, 2.05) is 38.6 Å². The Morgan fingerprint density at radius 2 is 1.86 bits per heavy atom. The number of anilines is 1. The molecule has 1 aromatic carbocycles. The average Bonchev–Trinajstić information content (AvgIpc) is 3.12. The fraction of sp³-hybridized carbons (Fsp3) is 0.455. The van der Waals surface area contributed by atoms with E-state index in [0.717, 1.165) is 51.9 Å². The van der Waals surface area contributed by atoms with E-state index < -0.39 is 0 Å². The Morgan fingerprint density at radius 3 is 2.55 bits per heavy atom. The number of rotatable bonds is 3. The third kappa shape index (κ3) is 3.24. The fourth-order valence-corrected chi connectivity index (χ4v) is 4.47. The first-order chi connectivity index (χ1) is 13.9. The zero-order valence-electron chi connectivity index (χ0n) is 17.6. The second kappa shape index (κ2) is 7.46. The Bertz CT molecular complexity index is 1080. The molecule has 7 heteroatoms. The Morgan fingerprint density at radius 1 is 1.14 bits per heavy atom. The molecule has 1 amide bonds. The molecule has 29 heavy (non-hydrogen) atoms. The molecule has 7 nitrogen and oxygen atoms in total. The van der Waals surface area contributed by atoms with Crippen molar-refractivity contribution in [3.8, 4) is 5.82 Å². The smallest absolute Gasteiger partial charge is 0.253 e. The molecule has 2 aromatic heterocycles. The Balaban J connectivity index is 2.00. The Kier molecular flexibility index (Phi) is 4.98. The number of aromatic nitrogens is 4. The van der Waals surface area contributed by atoms with Gasteiger partial charge in [0.1, 0.15) is 24.3 Å². The summed E-state index contributed by atoms with van der Waals surface area (Å²) in [4.78, 5) is 28.1. The van der Waals surface area contributed by atoms with Gasteiger partial charge >= 0.3 is 0 Å². The monoisotopic (exact) mass is 392 g/mol. The van der Waals surface area contributed by atoms with E-state index in [-0.39, 0.29) is 5.91 Å². The summed E-state index contributed by atoms with van der Waals surface area (Å²) in [6.07, 6.45) is 9.10. The largest absolute Gasteiger partial charge is 0.383 e. The highest BCUT2D eigenvalue weighted by Gasteiger charge is 2.28. The van der Waals surface area contributed by atoms with Crippen LogP contribution in [-0.4, -0.2) is 44.4 Å². The van der Waals surface area contributed by atoms with Gasteiger partial charge in [0.05, 0.1) is 11.0 Å². The molecule has 1 fully saturated rings. The van der Waals surface area contributed by atoms with Crippen molar-refractivity contribution in [2.24, 2.45) is 0 Å². The van der Waals surface area contributed by atoms with Gasteiger partial charge in [-0.15, -0.1) is 0 Å². The molecule has 0 radical (unpaired) electrons. The molecule has 1 aliphatic rings. The van der Waals surface area contributed by atoms with E-state index in [1.54, 1.807) is 11.2 Å². The van der Waals surface area contributed by atoms with Crippen molar-refractivity contribution >= 4 is 22.8 Å². The van der Waals surface area contributed by atoms with Crippen molar-refractivity contribution in [3.63, 3.8) is 0 Å². The second-order valence-electron chi connectivity index (χ2n) is 8.21. The average molecular weight is 393 g/mol. The first-order valence-electron chi connectivity index (χ1n) is 10.2. The molecule has 1 saturated carbocycles. The highest BCUT2D eigenvalue weighted by atomic mass is 16.2. The van der Waals surface area contributed by atoms with E-state index in [1.165, 1.54) is 25.6 Å². The van der Waals surface area contributed by atoms with E-state index in [9.17, 15) is 4.79 Å². The predicted molar refractivity (Wildman–Crippen MR) is 114 cm³/mol. The van der Waals surface area contributed by atoms with Crippen molar-refractivity contribution < 1.29 is 4.79 Å². The van der Waals surface area contributed by atoms with Gasteiger partial charge in [-0.2, -0.15) is 0 Å². The number of nitrogen functional groups attached to an aromatic ring is 1. The van der Waals surface area contributed by atoms with Crippen molar-refractivity contribution in [3.05, 3.63) is 41.0 Å². The van der Waals surface area contributed by atoms with Crippen LogP contribution in [0.2, 0.25) is 0 Å². The SMILES string of the molecule is Cc1cc2c(ncn2-c2ncnc(N)c2C)c(C2CCCCC2)c1C(=O)N(C)C. The minimum Gasteiger partial charge on any atom is -0.383 e. The fourth-order valence-electron chi connectivity index (χ4n) is 4.47. The van der Waals surface area contributed by atoms with Crippen LogP contribution in [-0.2, 0) is 0 Å². The lowest BCUT2D eigenvalue weighted by Gasteiger charge is -2.26. The number of benzene rings is 1. The number of carbonyl (C=O) groups is 1. The number of nitrogens with two attached hydrogens (primary N) is 1. The van der Waals surface area contributed by atoms with E-state index in [2.05, 4.69) is 9.97 Å². The molecular weight excluding hydrogens is 364 g/mol. The van der Waals surface area contributed by atoms with Gasteiger partial charge < -0.3 is 10.6 Å². The lowest BCUT2D eigenvalue weighted by molar-refractivity contribution is 0.0825. The molecule has 0 spiro atoms. The summed E-state index contributed by atoms with van der Waals surface area (Å²) in [6.45, 7) is 3.93. The number of hydrogen-bond acceptors (Lipinski definition) is 5. The number of nitrogens with zero attached hydrogens (tertiary/aromatic N) is 5. The van der Waals surface area contributed by atoms with Gasteiger partial charge in [-0.25, -0.2) is 15.0 Å². The molecule has 0 aliphatic heterocycles. The standard InChI is InChI=1S/C22H28N6O/c1-13-10-16-19(26-12-28(16)21-14(2)20(23)24-11-25-21)18(15-8-6-5-7-9-15)17(13)22(29)27(3)4/h10-12,15H,5-9H2,1-4H3,(H2,23,24,25).